The molecule has 0 saturated heterocycles. The quantitative estimate of drug-likeness (QED) is 0.414. The molecule has 0 spiro atoms. The summed E-state index contributed by atoms with van der Waals surface area (Å²) in [4.78, 5) is 28.3. The highest BCUT2D eigenvalue weighted by Gasteiger charge is 2.32. The Morgan fingerprint density at radius 1 is 1.06 bits per heavy atom. The van der Waals surface area contributed by atoms with Crippen molar-refractivity contribution in [3.8, 4) is 5.75 Å². The lowest BCUT2D eigenvalue weighted by atomic mass is 10.1. The molecule has 2 atom stereocenters. The van der Waals surface area contributed by atoms with E-state index < -0.39 is 28.5 Å². The maximum atomic E-state index is 13.7. The third-order valence-corrected chi connectivity index (χ3v) is 7.27. The van der Waals surface area contributed by atoms with Crippen LogP contribution in [0.15, 0.2) is 42.5 Å². The number of anilines is 1. The maximum absolute atomic E-state index is 13.7. The lowest BCUT2D eigenvalue weighted by molar-refractivity contribution is -0.140. The van der Waals surface area contributed by atoms with Crippen molar-refractivity contribution in [2.24, 2.45) is 0 Å². The summed E-state index contributed by atoms with van der Waals surface area (Å²) in [7, 11) is -2.35. The number of benzene rings is 2. The molecule has 2 unspecified atom stereocenters. The van der Waals surface area contributed by atoms with Gasteiger partial charge in [0.2, 0.25) is 21.8 Å². The van der Waals surface area contributed by atoms with E-state index in [0.29, 0.717) is 12.2 Å². The van der Waals surface area contributed by atoms with E-state index in [1.807, 2.05) is 19.9 Å². The zero-order chi connectivity index (χ0) is 27.0. The number of halogens is 2. The molecule has 1 N–H and O–H groups in total. The molecule has 0 aliphatic carbocycles. The third kappa shape index (κ3) is 8.28. The Kier molecular flexibility index (Phi) is 10.9. The monoisotopic (exact) mass is 557 g/mol. The minimum absolute atomic E-state index is 0.0797. The molecule has 198 valence electrons. The predicted molar refractivity (Wildman–Crippen MR) is 144 cm³/mol. The fourth-order valence-electron chi connectivity index (χ4n) is 3.63. The van der Waals surface area contributed by atoms with Gasteiger partial charge < -0.3 is 15.0 Å². The molecule has 36 heavy (non-hydrogen) atoms. The van der Waals surface area contributed by atoms with Crippen molar-refractivity contribution in [2.45, 2.75) is 52.2 Å². The van der Waals surface area contributed by atoms with Crippen LogP contribution in [0.2, 0.25) is 10.0 Å². The van der Waals surface area contributed by atoms with Gasteiger partial charge >= 0.3 is 0 Å². The Morgan fingerprint density at radius 2 is 1.69 bits per heavy atom. The van der Waals surface area contributed by atoms with Crippen LogP contribution in [0.1, 0.15) is 39.2 Å². The highest BCUT2D eigenvalue weighted by Crippen LogP contribution is 2.27. The first kappa shape index (κ1) is 29.7. The SMILES string of the molecule is CCC(C)NC(=O)C(CC)N(Cc1cccc(OC)c1)C(=O)CN(c1cc(Cl)cc(Cl)c1)S(C)(=O)=O. The van der Waals surface area contributed by atoms with Crippen LogP contribution in [-0.4, -0.2) is 57.1 Å². The lowest BCUT2D eigenvalue weighted by Gasteiger charge is -2.33. The number of ether oxygens (including phenoxy) is 1. The molecule has 0 heterocycles. The summed E-state index contributed by atoms with van der Waals surface area (Å²) in [6.45, 7) is 5.18. The zero-order valence-corrected chi connectivity index (χ0v) is 23.5. The minimum atomic E-state index is -3.89. The number of nitrogens with zero attached hydrogens (tertiary/aromatic N) is 2. The molecular formula is C25H33Cl2N3O5S. The van der Waals surface area contributed by atoms with Crippen molar-refractivity contribution in [1.29, 1.82) is 0 Å². The average Bonchev–Trinajstić information content (AvgIpc) is 2.80. The normalized spacial score (nSPS) is 13.0. The Labute approximate surface area is 223 Å². The van der Waals surface area contributed by atoms with E-state index in [4.69, 9.17) is 27.9 Å². The van der Waals surface area contributed by atoms with Gasteiger partial charge in [0.15, 0.2) is 0 Å². The van der Waals surface area contributed by atoms with E-state index in [9.17, 15) is 18.0 Å². The van der Waals surface area contributed by atoms with Gasteiger partial charge in [0.1, 0.15) is 18.3 Å². The first-order valence-corrected chi connectivity index (χ1v) is 14.2. The number of rotatable bonds is 12. The zero-order valence-electron chi connectivity index (χ0n) is 21.1. The molecule has 0 saturated carbocycles. The standard InChI is InChI=1S/C25H33Cl2N3O5S/c1-6-17(3)28-25(32)23(7-2)29(15-18-9-8-10-22(11-18)35-4)24(31)16-30(36(5,33)34)21-13-19(26)12-20(27)14-21/h8-14,17,23H,6-7,15-16H2,1-5H3,(H,28,32). The second-order valence-electron chi connectivity index (χ2n) is 8.51. The molecule has 0 bridgehead atoms. The lowest BCUT2D eigenvalue weighted by Crippen LogP contribution is -2.53. The summed E-state index contributed by atoms with van der Waals surface area (Å²) in [5.41, 5.74) is 0.885. The van der Waals surface area contributed by atoms with Crippen LogP contribution in [0.25, 0.3) is 0 Å². The molecule has 11 heteroatoms. The molecule has 0 radical (unpaired) electrons. The van der Waals surface area contributed by atoms with Crippen molar-refractivity contribution < 1.29 is 22.7 Å². The van der Waals surface area contributed by atoms with Crippen LogP contribution in [-0.2, 0) is 26.2 Å². The molecule has 0 aromatic heterocycles. The Bertz CT molecular complexity index is 1160. The minimum Gasteiger partial charge on any atom is -0.497 e. The Morgan fingerprint density at radius 3 is 2.22 bits per heavy atom. The van der Waals surface area contributed by atoms with Gasteiger partial charge in [-0.1, -0.05) is 49.2 Å². The number of nitrogens with one attached hydrogen (secondary N) is 1. The Balaban J connectivity index is 2.49. The van der Waals surface area contributed by atoms with E-state index >= 15 is 0 Å². The highest BCUT2D eigenvalue weighted by molar-refractivity contribution is 7.92. The molecule has 0 aliphatic heterocycles. The van der Waals surface area contributed by atoms with E-state index in [1.165, 1.54) is 30.2 Å². The summed E-state index contributed by atoms with van der Waals surface area (Å²) < 4.78 is 31.6. The number of carbonyl (C=O) groups is 2. The summed E-state index contributed by atoms with van der Waals surface area (Å²) in [5, 5.41) is 3.39. The summed E-state index contributed by atoms with van der Waals surface area (Å²) in [6.07, 6.45) is 2.05. The van der Waals surface area contributed by atoms with Crippen molar-refractivity contribution in [2.75, 3.05) is 24.2 Å². The second kappa shape index (κ2) is 13.2. The van der Waals surface area contributed by atoms with Crippen LogP contribution >= 0.6 is 23.2 Å². The van der Waals surface area contributed by atoms with Gasteiger partial charge in [-0.3, -0.25) is 13.9 Å². The number of amides is 2. The average molecular weight is 559 g/mol. The van der Waals surface area contributed by atoms with E-state index in [-0.39, 0.29) is 34.2 Å². The predicted octanol–water partition coefficient (Wildman–Crippen LogP) is 4.49. The molecule has 2 aromatic rings. The van der Waals surface area contributed by atoms with Crippen molar-refractivity contribution >= 4 is 50.7 Å². The second-order valence-corrected chi connectivity index (χ2v) is 11.3. The van der Waals surface area contributed by atoms with E-state index in [2.05, 4.69) is 5.32 Å². The topological polar surface area (TPSA) is 96.0 Å². The number of carbonyl (C=O) groups excluding carboxylic acids is 2. The highest BCUT2D eigenvalue weighted by atomic mass is 35.5. The smallest absolute Gasteiger partial charge is 0.244 e. The van der Waals surface area contributed by atoms with Crippen molar-refractivity contribution in [3.05, 3.63) is 58.1 Å². The third-order valence-electron chi connectivity index (χ3n) is 5.69. The first-order valence-electron chi connectivity index (χ1n) is 11.6. The van der Waals surface area contributed by atoms with Crippen LogP contribution < -0.4 is 14.4 Å². The van der Waals surface area contributed by atoms with Crippen LogP contribution in [0.5, 0.6) is 5.75 Å². The van der Waals surface area contributed by atoms with Gasteiger partial charge in [-0.25, -0.2) is 8.42 Å². The van der Waals surface area contributed by atoms with Gasteiger partial charge in [-0.05, 0) is 55.7 Å². The van der Waals surface area contributed by atoms with Crippen molar-refractivity contribution in [1.82, 2.24) is 10.2 Å². The van der Waals surface area contributed by atoms with Crippen LogP contribution in [0.4, 0.5) is 5.69 Å². The molecular weight excluding hydrogens is 525 g/mol. The molecule has 0 fully saturated rings. The molecule has 2 amide bonds. The van der Waals surface area contributed by atoms with E-state index in [0.717, 1.165) is 22.5 Å². The fourth-order valence-corrected chi connectivity index (χ4v) is 4.97. The van der Waals surface area contributed by atoms with E-state index in [1.54, 1.807) is 25.1 Å². The molecule has 0 aliphatic rings. The van der Waals surface area contributed by atoms with Gasteiger partial charge in [0.25, 0.3) is 0 Å². The van der Waals surface area contributed by atoms with Gasteiger partial charge in [-0.15, -0.1) is 0 Å². The van der Waals surface area contributed by atoms with Crippen molar-refractivity contribution in [3.63, 3.8) is 0 Å². The van der Waals surface area contributed by atoms with Gasteiger partial charge in [0.05, 0.1) is 19.1 Å². The molecule has 2 aromatic carbocycles. The summed E-state index contributed by atoms with van der Waals surface area (Å²) in [6, 6.07) is 10.5. The Hall–Kier alpha value is -2.49. The number of hydrogen-bond donors (Lipinski definition) is 1. The number of sulfonamides is 1. The van der Waals surface area contributed by atoms with Crippen LogP contribution in [0.3, 0.4) is 0 Å². The number of methoxy groups -OCH3 is 1. The summed E-state index contributed by atoms with van der Waals surface area (Å²) in [5.74, 6) is -0.256. The molecule has 2 rings (SSSR count). The number of hydrogen-bond acceptors (Lipinski definition) is 5. The van der Waals surface area contributed by atoms with Gasteiger partial charge in [-0.2, -0.15) is 0 Å². The largest absolute Gasteiger partial charge is 0.497 e. The first-order chi connectivity index (χ1) is 16.9. The molecule has 8 nitrogen and oxygen atoms in total. The maximum Gasteiger partial charge on any atom is 0.244 e. The van der Waals surface area contributed by atoms with Crippen LogP contribution in [0, 0.1) is 0 Å². The summed E-state index contributed by atoms with van der Waals surface area (Å²) >= 11 is 12.2. The fraction of sp³-hybridized carbons (Fsp3) is 0.440. The van der Waals surface area contributed by atoms with Gasteiger partial charge in [0, 0.05) is 22.6 Å².